The van der Waals surface area contributed by atoms with Crippen molar-refractivity contribution in [2.24, 2.45) is 0 Å². The zero-order chi connectivity index (χ0) is 8.72. The average Bonchev–Trinajstić information content (AvgIpc) is 2.48. The zero-order valence-electron chi connectivity index (χ0n) is 5.51. The molecule has 3 nitrogen and oxygen atoms in total. The second-order valence-corrected chi connectivity index (χ2v) is 4.62. The fourth-order valence-corrected chi connectivity index (χ4v) is 2.43. The largest absolute Gasteiger partial charge is 0.243 e. The third kappa shape index (κ3) is 1.22. The maximum atomic E-state index is 4.60. The molecule has 0 fully saturated rings. The lowest BCUT2D eigenvalue weighted by Crippen LogP contribution is -1.76. The highest BCUT2D eigenvalue weighted by atomic mass is 79.9. The fourth-order valence-electron chi connectivity index (χ4n) is 0.845. The van der Waals surface area contributed by atoms with E-state index in [0.717, 1.165) is 13.4 Å². The summed E-state index contributed by atoms with van der Waals surface area (Å²) in [6, 6.07) is 1.89. The highest BCUT2D eigenvalue weighted by Crippen LogP contribution is 2.34. The van der Waals surface area contributed by atoms with Gasteiger partial charge in [-0.25, -0.2) is 4.63 Å². The van der Waals surface area contributed by atoms with Gasteiger partial charge in [-0.15, -0.1) is 0 Å². The lowest BCUT2D eigenvalue weighted by molar-refractivity contribution is 0.315. The van der Waals surface area contributed by atoms with E-state index >= 15 is 0 Å². The number of hydrogen-bond acceptors (Lipinski definition) is 3. The van der Waals surface area contributed by atoms with Gasteiger partial charge in [0.1, 0.15) is 0 Å². The molecule has 0 aliphatic rings. The Hall–Kier alpha value is 0.0600. The standard InChI is InChI=1S/C6HBr3N2O/c7-2-1-3(8)5-6(4(2)9)11-12-10-5/h1H. The van der Waals surface area contributed by atoms with Crippen LogP contribution < -0.4 is 0 Å². The van der Waals surface area contributed by atoms with Crippen LogP contribution in [0.2, 0.25) is 0 Å². The molecule has 0 spiro atoms. The van der Waals surface area contributed by atoms with Crippen molar-refractivity contribution in [3.63, 3.8) is 0 Å². The molecule has 2 aromatic rings. The highest BCUT2D eigenvalue weighted by molar-refractivity contribution is 9.13. The first kappa shape index (κ1) is 8.65. The van der Waals surface area contributed by atoms with Crippen LogP contribution in [-0.4, -0.2) is 10.3 Å². The van der Waals surface area contributed by atoms with Crippen molar-refractivity contribution in [2.45, 2.75) is 0 Å². The third-order valence-electron chi connectivity index (χ3n) is 1.39. The minimum absolute atomic E-state index is 0.705. The van der Waals surface area contributed by atoms with Crippen LogP contribution in [0, 0.1) is 0 Å². The first-order valence-electron chi connectivity index (χ1n) is 2.96. The van der Waals surface area contributed by atoms with E-state index in [1.165, 1.54) is 0 Å². The molecule has 6 heteroatoms. The van der Waals surface area contributed by atoms with E-state index in [2.05, 4.69) is 62.7 Å². The van der Waals surface area contributed by atoms with Gasteiger partial charge in [-0.1, -0.05) is 0 Å². The number of rotatable bonds is 0. The molecule has 0 atom stereocenters. The molecule has 0 aliphatic heterocycles. The van der Waals surface area contributed by atoms with Gasteiger partial charge in [-0.2, -0.15) is 0 Å². The molecule has 0 amide bonds. The molecule has 0 unspecified atom stereocenters. The van der Waals surface area contributed by atoms with Crippen LogP contribution >= 0.6 is 47.8 Å². The Balaban J connectivity index is 2.97. The van der Waals surface area contributed by atoms with Crippen molar-refractivity contribution in [2.75, 3.05) is 0 Å². The second kappa shape index (κ2) is 3.08. The lowest BCUT2D eigenvalue weighted by atomic mass is 10.3. The predicted molar refractivity (Wildman–Crippen MR) is 54.9 cm³/mol. The smallest absolute Gasteiger partial charge is 0.151 e. The van der Waals surface area contributed by atoms with E-state index in [1.807, 2.05) is 6.07 Å². The van der Waals surface area contributed by atoms with Crippen molar-refractivity contribution < 1.29 is 4.63 Å². The van der Waals surface area contributed by atoms with Gasteiger partial charge < -0.3 is 0 Å². The summed E-state index contributed by atoms with van der Waals surface area (Å²) in [4.78, 5) is 0. The Bertz CT molecular complexity index is 440. The number of benzene rings is 1. The summed E-state index contributed by atoms with van der Waals surface area (Å²) in [5.41, 5.74) is 1.42. The molecule has 0 radical (unpaired) electrons. The van der Waals surface area contributed by atoms with Crippen molar-refractivity contribution in [3.05, 3.63) is 19.5 Å². The van der Waals surface area contributed by atoms with E-state index in [9.17, 15) is 0 Å². The summed E-state index contributed by atoms with van der Waals surface area (Å²) in [5.74, 6) is 0. The maximum Gasteiger partial charge on any atom is 0.151 e. The van der Waals surface area contributed by atoms with Crippen LogP contribution in [0.4, 0.5) is 0 Å². The molecule has 0 bridgehead atoms. The van der Waals surface area contributed by atoms with Gasteiger partial charge in [0.2, 0.25) is 0 Å². The number of halogens is 3. The minimum Gasteiger partial charge on any atom is -0.243 e. The van der Waals surface area contributed by atoms with Gasteiger partial charge in [0.25, 0.3) is 0 Å². The SMILES string of the molecule is Brc1cc(Br)c2nonc2c1Br. The van der Waals surface area contributed by atoms with Crippen molar-refractivity contribution in [1.29, 1.82) is 0 Å². The highest BCUT2D eigenvalue weighted by Gasteiger charge is 2.11. The van der Waals surface area contributed by atoms with Gasteiger partial charge in [-0.05, 0) is 64.2 Å². The van der Waals surface area contributed by atoms with Crippen LogP contribution in [0.25, 0.3) is 11.0 Å². The zero-order valence-corrected chi connectivity index (χ0v) is 10.3. The maximum absolute atomic E-state index is 4.60. The first-order valence-corrected chi connectivity index (χ1v) is 5.34. The van der Waals surface area contributed by atoms with Crippen molar-refractivity contribution in [3.8, 4) is 0 Å². The van der Waals surface area contributed by atoms with Gasteiger partial charge in [0, 0.05) is 4.47 Å². The molecule has 2 rings (SSSR count). The van der Waals surface area contributed by atoms with Crippen LogP contribution in [0.1, 0.15) is 0 Å². The minimum atomic E-state index is 0.705. The summed E-state index contributed by atoms with van der Waals surface area (Å²) in [6.45, 7) is 0. The molecule has 62 valence electrons. The van der Waals surface area contributed by atoms with Gasteiger partial charge in [-0.3, -0.25) is 0 Å². The summed E-state index contributed by atoms with van der Waals surface area (Å²) >= 11 is 10.1. The molecule has 12 heavy (non-hydrogen) atoms. The second-order valence-electron chi connectivity index (χ2n) is 2.12. The summed E-state index contributed by atoms with van der Waals surface area (Å²) < 4.78 is 7.22. The third-order valence-corrected chi connectivity index (χ3v) is 3.95. The molecule has 1 heterocycles. The van der Waals surface area contributed by atoms with E-state index < -0.39 is 0 Å². The van der Waals surface area contributed by atoms with Gasteiger partial charge in [0.05, 0.1) is 8.95 Å². The van der Waals surface area contributed by atoms with Crippen LogP contribution in [0.5, 0.6) is 0 Å². The summed E-state index contributed by atoms with van der Waals surface area (Å²) in [5, 5.41) is 7.48. The Morgan fingerprint density at radius 1 is 1.00 bits per heavy atom. The molecule has 0 saturated carbocycles. The molecule has 1 aromatic carbocycles. The Morgan fingerprint density at radius 3 is 2.42 bits per heavy atom. The molecule has 0 saturated heterocycles. The monoisotopic (exact) mass is 354 g/mol. The number of nitrogens with zero attached hydrogens (tertiary/aromatic N) is 2. The number of fused-ring (bicyclic) bond motifs is 1. The van der Waals surface area contributed by atoms with Crippen molar-refractivity contribution in [1.82, 2.24) is 10.3 Å². The number of aromatic nitrogens is 2. The topological polar surface area (TPSA) is 38.9 Å². The normalized spacial score (nSPS) is 10.9. The van der Waals surface area contributed by atoms with E-state index in [-0.39, 0.29) is 0 Å². The summed E-state index contributed by atoms with van der Waals surface area (Å²) in [6.07, 6.45) is 0. The molecule has 1 aromatic heterocycles. The fraction of sp³-hybridized carbons (Fsp3) is 0. The number of hydrogen-bond donors (Lipinski definition) is 0. The van der Waals surface area contributed by atoms with Crippen LogP contribution in [-0.2, 0) is 0 Å². The van der Waals surface area contributed by atoms with Crippen LogP contribution in [0.15, 0.2) is 24.1 Å². The van der Waals surface area contributed by atoms with Crippen molar-refractivity contribution >= 4 is 58.8 Å². The molecular weight excluding hydrogens is 356 g/mol. The molecule has 0 N–H and O–H groups in total. The Morgan fingerprint density at radius 2 is 1.67 bits per heavy atom. The first-order chi connectivity index (χ1) is 5.70. The summed E-state index contributed by atoms with van der Waals surface area (Å²) in [7, 11) is 0. The molecule has 0 aliphatic carbocycles. The van der Waals surface area contributed by atoms with E-state index in [1.54, 1.807) is 0 Å². The van der Waals surface area contributed by atoms with E-state index in [0.29, 0.717) is 11.0 Å². The van der Waals surface area contributed by atoms with E-state index in [4.69, 9.17) is 0 Å². The quantitative estimate of drug-likeness (QED) is 0.678. The van der Waals surface area contributed by atoms with Gasteiger partial charge >= 0.3 is 0 Å². The Labute approximate surface area is 92.9 Å². The Kier molecular flexibility index (Phi) is 2.22. The molecular formula is C6HBr3N2O. The lowest BCUT2D eigenvalue weighted by Gasteiger charge is -1.95. The predicted octanol–water partition coefficient (Wildman–Crippen LogP) is 3.51. The van der Waals surface area contributed by atoms with Crippen LogP contribution in [0.3, 0.4) is 0 Å². The average molecular weight is 357 g/mol. The van der Waals surface area contributed by atoms with Gasteiger partial charge in [0.15, 0.2) is 11.0 Å².